The summed E-state index contributed by atoms with van der Waals surface area (Å²) >= 11 is 0. The topological polar surface area (TPSA) is 28.2 Å². The predicted molar refractivity (Wildman–Crippen MR) is 80.6 cm³/mol. The molecule has 1 aliphatic rings. The summed E-state index contributed by atoms with van der Waals surface area (Å²) < 4.78 is 0. The van der Waals surface area contributed by atoms with E-state index in [1.807, 2.05) is 12.3 Å². The summed E-state index contributed by atoms with van der Waals surface area (Å²) in [5.74, 6) is 0.673. The molecule has 2 aromatic rings. The number of fused-ring (bicyclic) bond motifs is 1. The fraction of sp³-hybridized carbons (Fsp3) is 0.438. The Morgan fingerprint density at radius 2 is 2.21 bits per heavy atom. The van der Waals surface area contributed by atoms with Gasteiger partial charge >= 0.3 is 0 Å². The van der Waals surface area contributed by atoms with Crippen molar-refractivity contribution in [3.05, 3.63) is 36.5 Å². The second kappa shape index (κ2) is 5.57. The van der Waals surface area contributed by atoms with Gasteiger partial charge in [0, 0.05) is 30.4 Å². The average molecular weight is 255 g/mol. The van der Waals surface area contributed by atoms with Crippen molar-refractivity contribution in [3.63, 3.8) is 0 Å². The maximum Gasteiger partial charge on any atom is 0.0722 e. The molecule has 1 fully saturated rings. The molecular weight excluding hydrogens is 234 g/mol. The van der Waals surface area contributed by atoms with Crippen LogP contribution in [-0.2, 0) is 0 Å². The maximum atomic E-state index is 4.46. The molecule has 3 heteroatoms. The summed E-state index contributed by atoms with van der Waals surface area (Å²) in [5.41, 5.74) is 2.42. The van der Waals surface area contributed by atoms with Crippen LogP contribution < -0.4 is 10.2 Å². The highest BCUT2D eigenvalue weighted by Crippen LogP contribution is 2.26. The van der Waals surface area contributed by atoms with Crippen LogP contribution in [0.25, 0.3) is 10.9 Å². The zero-order valence-electron chi connectivity index (χ0n) is 11.5. The zero-order valence-corrected chi connectivity index (χ0v) is 11.5. The van der Waals surface area contributed by atoms with Crippen molar-refractivity contribution < 1.29 is 0 Å². The molecule has 0 radical (unpaired) electrons. The van der Waals surface area contributed by atoms with Crippen LogP contribution in [-0.4, -0.2) is 31.2 Å². The second-order valence-electron chi connectivity index (χ2n) is 5.46. The minimum Gasteiger partial charge on any atom is -0.371 e. The van der Waals surface area contributed by atoms with Crippen LogP contribution in [0.1, 0.15) is 13.3 Å². The molecule has 1 saturated heterocycles. The quantitative estimate of drug-likeness (QED) is 0.849. The van der Waals surface area contributed by atoms with E-state index in [1.165, 1.54) is 17.5 Å². The fourth-order valence-electron chi connectivity index (χ4n) is 2.86. The molecule has 0 aliphatic carbocycles. The number of rotatable bonds is 1. The predicted octanol–water partition coefficient (Wildman–Crippen LogP) is 2.67. The normalized spacial score (nSPS) is 21.1. The van der Waals surface area contributed by atoms with Gasteiger partial charge in [0.25, 0.3) is 0 Å². The first-order chi connectivity index (χ1) is 9.34. The summed E-state index contributed by atoms with van der Waals surface area (Å²) in [5, 5.41) is 4.78. The van der Waals surface area contributed by atoms with Gasteiger partial charge in [-0.2, -0.15) is 0 Å². The van der Waals surface area contributed by atoms with Gasteiger partial charge in [-0.25, -0.2) is 0 Å². The minimum absolute atomic E-state index is 0.673. The van der Waals surface area contributed by atoms with Crippen LogP contribution >= 0.6 is 0 Å². The lowest BCUT2D eigenvalue weighted by Gasteiger charge is -2.31. The van der Waals surface area contributed by atoms with Gasteiger partial charge in [0.1, 0.15) is 0 Å². The molecule has 0 spiro atoms. The number of benzene rings is 1. The summed E-state index contributed by atoms with van der Waals surface area (Å²) in [7, 11) is 0. The summed E-state index contributed by atoms with van der Waals surface area (Å²) in [6.07, 6.45) is 3.06. The highest BCUT2D eigenvalue weighted by Gasteiger charge is 2.15. The number of anilines is 1. The van der Waals surface area contributed by atoms with Crippen LogP contribution in [0.15, 0.2) is 36.5 Å². The molecule has 0 bridgehead atoms. The Labute approximate surface area is 114 Å². The standard InChI is InChI=1S/C16H21N3/c1-13-11-17-8-4-10-19(12-13)16-7-2-6-15-14(16)5-3-9-18-15/h2-3,5-7,9,13,17H,4,8,10-12H2,1H3. The number of hydrogen-bond acceptors (Lipinski definition) is 3. The molecule has 1 aromatic carbocycles. The first-order valence-corrected chi connectivity index (χ1v) is 7.14. The minimum atomic E-state index is 0.673. The van der Waals surface area contributed by atoms with Crippen molar-refractivity contribution in [1.29, 1.82) is 0 Å². The van der Waals surface area contributed by atoms with Gasteiger partial charge in [-0.1, -0.05) is 13.0 Å². The van der Waals surface area contributed by atoms with Gasteiger partial charge in [0.05, 0.1) is 5.52 Å². The molecule has 1 aliphatic heterocycles. The van der Waals surface area contributed by atoms with E-state index in [2.05, 4.69) is 46.4 Å². The van der Waals surface area contributed by atoms with Gasteiger partial charge in [-0.3, -0.25) is 4.98 Å². The van der Waals surface area contributed by atoms with Gasteiger partial charge in [0.15, 0.2) is 0 Å². The van der Waals surface area contributed by atoms with E-state index < -0.39 is 0 Å². The second-order valence-corrected chi connectivity index (χ2v) is 5.46. The summed E-state index contributed by atoms with van der Waals surface area (Å²) in [6.45, 7) is 6.77. The van der Waals surface area contributed by atoms with Crippen LogP contribution in [0.4, 0.5) is 5.69 Å². The molecule has 1 atom stereocenters. The number of pyridine rings is 1. The van der Waals surface area contributed by atoms with Crippen molar-refractivity contribution in [2.75, 3.05) is 31.1 Å². The van der Waals surface area contributed by atoms with E-state index in [4.69, 9.17) is 0 Å². The van der Waals surface area contributed by atoms with Crippen molar-refractivity contribution >= 4 is 16.6 Å². The van der Waals surface area contributed by atoms with Crippen molar-refractivity contribution in [2.45, 2.75) is 13.3 Å². The first-order valence-electron chi connectivity index (χ1n) is 7.14. The van der Waals surface area contributed by atoms with E-state index in [0.717, 1.165) is 31.7 Å². The van der Waals surface area contributed by atoms with E-state index in [1.54, 1.807) is 0 Å². The molecular formula is C16H21N3. The SMILES string of the molecule is CC1CNCCCN(c2cccc3ncccc23)C1. The number of aromatic nitrogens is 1. The molecule has 19 heavy (non-hydrogen) atoms. The molecule has 1 N–H and O–H groups in total. The van der Waals surface area contributed by atoms with E-state index in [9.17, 15) is 0 Å². The van der Waals surface area contributed by atoms with E-state index in [-0.39, 0.29) is 0 Å². The smallest absolute Gasteiger partial charge is 0.0722 e. The van der Waals surface area contributed by atoms with Gasteiger partial charge in [-0.15, -0.1) is 0 Å². The van der Waals surface area contributed by atoms with E-state index >= 15 is 0 Å². The molecule has 1 aromatic heterocycles. The Morgan fingerprint density at radius 1 is 1.26 bits per heavy atom. The van der Waals surface area contributed by atoms with E-state index in [0.29, 0.717) is 5.92 Å². The van der Waals surface area contributed by atoms with Crippen molar-refractivity contribution in [2.24, 2.45) is 5.92 Å². The number of hydrogen-bond donors (Lipinski definition) is 1. The molecule has 3 rings (SSSR count). The molecule has 100 valence electrons. The fourth-order valence-corrected chi connectivity index (χ4v) is 2.86. The Balaban J connectivity index is 1.97. The highest BCUT2D eigenvalue weighted by atomic mass is 15.1. The Bertz CT molecular complexity index is 547. The lowest BCUT2D eigenvalue weighted by atomic mass is 10.1. The van der Waals surface area contributed by atoms with Gasteiger partial charge < -0.3 is 10.2 Å². The first kappa shape index (κ1) is 12.4. The van der Waals surface area contributed by atoms with Crippen molar-refractivity contribution in [3.8, 4) is 0 Å². The maximum absolute atomic E-state index is 4.46. The third-order valence-corrected chi connectivity index (χ3v) is 3.77. The largest absolute Gasteiger partial charge is 0.371 e. The average Bonchev–Trinajstić information content (AvgIpc) is 2.42. The monoisotopic (exact) mass is 255 g/mol. The van der Waals surface area contributed by atoms with Crippen molar-refractivity contribution in [1.82, 2.24) is 10.3 Å². The Kier molecular flexibility index (Phi) is 3.65. The molecule has 0 amide bonds. The molecule has 2 heterocycles. The lowest BCUT2D eigenvalue weighted by molar-refractivity contribution is 0.468. The highest BCUT2D eigenvalue weighted by molar-refractivity contribution is 5.91. The van der Waals surface area contributed by atoms with Gasteiger partial charge in [-0.05, 0) is 49.7 Å². The lowest BCUT2D eigenvalue weighted by Crippen LogP contribution is -2.38. The van der Waals surface area contributed by atoms with Crippen LogP contribution in [0.3, 0.4) is 0 Å². The van der Waals surface area contributed by atoms with Crippen LogP contribution in [0.2, 0.25) is 0 Å². The van der Waals surface area contributed by atoms with Crippen LogP contribution in [0, 0.1) is 5.92 Å². The Hall–Kier alpha value is -1.61. The summed E-state index contributed by atoms with van der Waals surface area (Å²) in [4.78, 5) is 6.98. The van der Waals surface area contributed by atoms with Crippen LogP contribution in [0.5, 0.6) is 0 Å². The number of nitrogens with zero attached hydrogens (tertiary/aromatic N) is 2. The molecule has 3 nitrogen and oxygen atoms in total. The third kappa shape index (κ3) is 2.71. The number of nitrogens with one attached hydrogen (secondary N) is 1. The molecule has 0 saturated carbocycles. The zero-order chi connectivity index (χ0) is 13.1. The Morgan fingerprint density at radius 3 is 3.16 bits per heavy atom. The third-order valence-electron chi connectivity index (χ3n) is 3.77. The summed E-state index contributed by atoms with van der Waals surface area (Å²) in [6, 6.07) is 10.6. The molecule has 1 unspecified atom stereocenters. The van der Waals surface area contributed by atoms with Gasteiger partial charge in [0.2, 0.25) is 0 Å².